The average Bonchev–Trinajstić information content (AvgIpc) is 3.11. The highest BCUT2D eigenvalue weighted by Crippen LogP contribution is 2.42. The molecule has 0 unspecified atom stereocenters. The number of aliphatic hydroxyl groups excluding tert-OH is 1. The number of aliphatic hydroxyl groups is 1. The standard InChI is InChI=1S/C39H56N4O7/c1-39(2,3)41-37(47)33-22-19-27-9-7-8-10-32(27)43(33)24-31-23-34(28-15-13-26(25-44)14-16-28)50-38(49-31)29-17-20-30(21-18-29)40-35(45)11-5-4-6-12-36(46)42-48/h13-18,20-21,27,31-34,38,44,48H,4-12,19,22-25H2,1-3H3,(H,40,45)(H,41,47)(H,42,46)/t27-,31-,32-,33-,34+,38+/m1/s1. The Balaban J connectivity index is 1.30. The quantitative estimate of drug-likeness (QED) is 0.0967. The minimum Gasteiger partial charge on any atom is -0.392 e. The number of likely N-dealkylation sites (tertiary alicyclic amines) is 1. The number of hydrogen-bond donors (Lipinski definition) is 5. The first-order valence-corrected chi connectivity index (χ1v) is 18.4. The van der Waals surface area contributed by atoms with E-state index in [2.05, 4.69) is 15.5 Å². The molecule has 6 atom stereocenters. The Morgan fingerprint density at radius 2 is 1.52 bits per heavy atom. The van der Waals surface area contributed by atoms with Crippen LogP contribution in [0, 0.1) is 5.92 Å². The minimum atomic E-state index is -0.647. The van der Waals surface area contributed by atoms with E-state index in [0.717, 1.165) is 36.0 Å². The van der Waals surface area contributed by atoms with Crippen molar-refractivity contribution < 1.29 is 34.2 Å². The summed E-state index contributed by atoms with van der Waals surface area (Å²) in [6.07, 6.45) is 8.72. The molecule has 0 bridgehead atoms. The number of carbonyl (C=O) groups is 3. The van der Waals surface area contributed by atoms with E-state index in [0.29, 0.717) is 56.3 Å². The fraction of sp³-hybridized carbons (Fsp3) is 0.615. The lowest BCUT2D eigenvalue weighted by Crippen LogP contribution is -2.61. The smallest absolute Gasteiger partial charge is 0.243 e. The highest BCUT2D eigenvalue weighted by atomic mass is 16.7. The number of carbonyl (C=O) groups excluding carboxylic acids is 3. The van der Waals surface area contributed by atoms with Gasteiger partial charge in [0.1, 0.15) is 0 Å². The van der Waals surface area contributed by atoms with Crippen LogP contribution in [0.25, 0.3) is 0 Å². The molecule has 3 fully saturated rings. The normalized spacial score (nSPS) is 25.7. The summed E-state index contributed by atoms with van der Waals surface area (Å²) in [5.41, 5.74) is 4.66. The fourth-order valence-electron chi connectivity index (χ4n) is 7.75. The first kappa shape index (κ1) is 37.9. The highest BCUT2D eigenvalue weighted by molar-refractivity contribution is 5.90. The predicted octanol–water partition coefficient (Wildman–Crippen LogP) is 6.06. The highest BCUT2D eigenvalue weighted by Gasteiger charge is 2.44. The SMILES string of the molecule is CC(C)(C)NC(=O)[C@H]1CC[C@H]2CCCC[C@H]2N1C[C@H]1C[C@@H](c2ccc(CO)cc2)O[C@@H](c2ccc(NC(=O)CCCCCC(=O)NO)cc2)O1. The lowest BCUT2D eigenvalue weighted by Gasteiger charge is -2.50. The van der Waals surface area contributed by atoms with Gasteiger partial charge in [-0.2, -0.15) is 0 Å². The zero-order chi connectivity index (χ0) is 35.7. The average molecular weight is 693 g/mol. The van der Waals surface area contributed by atoms with Crippen LogP contribution < -0.4 is 16.1 Å². The summed E-state index contributed by atoms with van der Waals surface area (Å²) in [5.74, 6) is 0.159. The van der Waals surface area contributed by atoms with Gasteiger partial charge in [0.05, 0.1) is 24.9 Å². The largest absolute Gasteiger partial charge is 0.392 e. The number of unbranched alkanes of at least 4 members (excludes halogenated alkanes) is 2. The lowest BCUT2D eigenvalue weighted by atomic mass is 9.75. The van der Waals surface area contributed by atoms with Crippen LogP contribution in [0.2, 0.25) is 0 Å². The molecule has 3 aliphatic rings. The van der Waals surface area contributed by atoms with Gasteiger partial charge in [-0.3, -0.25) is 24.5 Å². The van der Waals surface area contributed by atoms with Gasteiger partial charge in [-0.05, 0) is 88.5 Å². The monoisotopic (exact) mass is 692 g/mol. The molecular weight excluding hydrogens is 636 g/mol. The van der Waals surface area contributed by atoms with Crippen LogP contribution in [0.1, 0.15) is 127 Å². The molecule has 1 aliphatic carbocycles. The number of benzene rings is 2. The van der Waals surface area contributed by atoms with E-state index in [1.807, 2.05) is 69.3 Å². The second kappa shape index (κ2) is 17.7. The number of hydrogen-bond acceptors (Lipinski definition) is 8. The number of nitrogens with one attached hydrogen (secondary N) is 3. The molecule has 0 radical (unpaired) electrons. The van der Waals surface area contributed by atoms with E-state index in [4.69, 9.17) is 14.7 Å². The molecule has 5 rings (SSSR count). The van der Waals surface area contributed by atoms with Gasteiger partial charge in [0, 0.05) is 48.6 Å². The van der Waals surface area contributed by atoms with Gasteiger partial charge >= 0.3 is 0 Å². The maximum Gasteiger partial charge on any atom is 0.243 e. The number of ether oxygens (including phenoxy) is 2. The van der Waals surface area contributed by atoms with Crippen molar-refractivity contribution in [1.29, 1.82) is 0 Å². The number of rotatable bonds is 13. The Hall–Kier alpha value is -3.35. The van der Waals surface area contributed by atoms with Crippen LogP contribution in [-0.4, -0.2) is 63.2 Å². The van der Waals surface area contributed by atoms with Crippen LogP contribution in [0.5, 0.6) is 0 Å². The van der Waals surface area contributed by atoms with E-state index in [1.165, 1.54) is 19.3 Å². The van der Waals surface area contributed by atoms with Gasteiger partial charge < -0.3 is 25.2 Å². The van der Waals surface area contributed by atoms with Gasteiger partial charge in [-0.15, -0.1) is 0 Å². The number of hydroxylamine groups is 1. The Kier molecular flexibility index (Phi) is 13.4. The third kappa shape index (κ3) is 10.6. The van der Waals surface area contributed by atoms with Crippen molar-refractivity contribution in [3.8, 4) is 0 Å². The van der Waals surface area contributed by atoms with Gasteiger partial charge in [0.25, 0.3) is 0 Å². The third-order valence-electron chi connectivity index (χ3n) is 10.2. The van der Waals surface area contributed by atoms with Crippen LogP contribution in [0.15, 0.2) is 48.5 Å². The molecule has 2 aromatic rings. The van der Waals surface area contributed by atoms with E-state index in [1.54, 1.807) is 5.48 Å². The molecule has 0 spiro atoms. The van der Waals surface area contributed by atoms with Crippen LogP contribution >= 0.6 is 0 Å². The zero-order valence-electron chi connectivity index (χ0n) is 29.9. The summed E-state index contributed by atoms with van der Waals surface area (Å²) >= 11 is 0. The molecule has 2 aliphatic heterocycles. The topological polar surface area (TPSA) is 149 Å². The summed E-state index contributed by atoms with van der Waals surface area (Å²) < 4.78 is 13.3. The molecule has 274 valence electrons. The number of fused-ring (bicyclic) bond motifs is 1. The van der Waals surface area contributed by atoms with E-state index >= 15 is 0 Å². The number of nitrogens with zero attached hydrogens (tertiary/aromatic N) is 1. The van der Waals surface area contributed by atoms with E-state index in [9.17, 15) is 19.5 Å². The minimum absolute atomic E-state index is 0.0259. The number of piperidine rings is 1. The number of anilines is 1. The maximum absolute atomic E-state index is 13.7. The van der Waals surface area contributed by atoms with E-state index < -0.39 is 12.2 Å². The summed E-state index contributed by atoms with van der Waals surface area (Å²) in [7, 11) is 0. The molecule has 5 N–H and O–H groups in total. The third-order valence-corrected chi connectivity index (χ3v) is 10.2. The Labute approximate surface area is 296 Å². The van der Waals surface area contributed by atoms with Crippen LogP contribution in [0.4, 0.5) is 5.69 Å². The molecule has 3 amide bonds. The van der Waals surface area contributed by atoms with E-state index in [-0.39, 0.29) is 48.6 Å². The summed E-state index contributed by atoms with van der Waals surface area (Å²) in [4.78, 5) is 39.9. The van der Waals surface area contributed by atoms with Crippen molar-refractivity contribution in [1.82, 2.24) is 15.7 Å². The van der Waals surface area contributed by atoms with Crippen molar-refractivity contribution in [3.05, 3.63) is 65.2 Å². The van der Waals surface area contributed by atoms with Crippen molar-refractivity contribution in [2.45, 2.75) is 141 Å². The van der Waals surface area contributed by atoms with Crippen molar-refractivity contribution in [2.24, 2.45) is 5.92 Å². The molecule has 2 aromatic carbocycles. The summed E-state index contributed by atoms with van der Waals surface area (Å²) in [6, 6.07) is 15.5. The zero-order valence-corrected chi connectivity index (χ0v) is 29.9. The first-order chi connectivity index (χ1) is 24.0. The molecule has 11 nitrogen and oxygen atoms in total. The van der Waals surface area contributed by atoms with Crippen LogP contribution in [-0.2, 0) is 30.5 Å². The van der Waals surface area contributed by atoms with Gasteiger partial charge in [0.2, 0.25) is 17.7 Å². The van der Waals surface area contributed by atoms with Crippen molar-refractivity contribution in [3.63, 3.8) is 0 Å². The lowest BCUT2D eigenvalue weighted by molar-refractivity contribution is -0.255. The molecule has 11 heteroatoms. The van der Waals surface area contributed by atoms with Gasteiger partial charge in [-0.25, -0.2) is 5.48 Å². The molecule has 2 heterocycles. The Bertz CT molecular complexity index is 1410. The maximum atomic E-state index is 13.7. The van der Waals surface area contributed by atoms with Gasteiger partial charge in [0.15, 0.2) is 6.29 Å². The predicted molar refractivity (Wildman–Crippen MR) is 190 cm³/mol. The summed E-state index contributed by atoms with van der Waals surface area (Å²) in [5, 5.41) is 24.4. The Morgan fingerprint density at radius 3 is 2.20 bits per heavy atom. The molecule has 1 saturated carbocycles. The summed E-state index contributed by atoms with van der Waals surface area (Å²) in [6.45, 7) is 6.70. The molecule has 0 aromatic heterocycles. The fourth-order valence-corrected chi connectivity index (χ4v) is 7.75. The first-order valence-electron chi connectivity index (χ1n) is 18.4. The number of amides is 3. The molecular formula is C39H56N4O7. The molecule has 2 saturated heterocycles. The molecule has 50 heavy (non-hydrogen) atoms. The van der Waals surface area contributed by atoms with Crippen molar-refractivity contribution >= 4 is 23.4 Å². The Morgan fingerprint density at radius 1 is 0.840 bits per heavy atom. The van der Waals surface area contributed by atoms with Crippen LogP contribution in [0.3, 0.4) is 0 Å². The second-order valence-corrected chi connectivity index (χ2v) is 15.3. The second-order valence-electron chi connectivity index (χ2n) is 15.3. The van der Waals surface area contributed by atoms with Gasteiger partial charge in [-0.1, -0.05) is 55.7 Å². The van der Waals surface area contributed by atoms with Crippen molar-refractivity contribution in [2.75, 3.05) is 11.9 Å².